The van der Waals surface area contributed by atoms with Gasteiger partial charge in [-0.05, 0) is 19.4 Å². The van der Waals surface area contributed by atoms with Crippen LogP contribution < -0.4 is 10.6 Å². The fraction of sp³-hybridized carbons (Fsp3) is 0.600. The van der Waals surface area contributed by atoms with Crippen LogP contribution in [0.5, 0.6) is 0 Å². The average Bonchev–Trinajstić information content (AvgIpc) is 2.43. The molecule has 112 valence electrons. The van der Waals surface area contributed by atoms with E-state index in [-0.39, 0.29) is 23.3 Å². The highest BCUT2D eigenvalue weighted by Gasteiger charge is 2.16. The number of hydrogen-bond acceptors (Lipinski definition) is 3. The topological polar surface area (TPSA) is 54.0 Å². The molecule has 0 saturated carbocycles. The number of carbonyl (C=O) groups is 1. The minimum Gasteiger partial charge on any atom is -0.371 e. The van der Waals surface area contributed by atoms with Crippen molar-refractivity contribution in [1.29, 1.82) is 0 Å². The summed E-state index contributed by atoms with van der Waals surface area (Å²) < 4.78 is 13.9. The van der Waals surface area contributed by atoms with Crippen molar-refractivity contribution < 1.29 is 9.18 Å². The van der Waals surface area contributed by atoms with Crippen molar-refractivity contribution in [2.24, 2.45) is 0 Å². The molecule has 1 amide bonds. The number of amides is 1. The predicted octanol–water partition coefficient (Wildman–Crippen LogP) is 3.35. The largest absolute Gasteiger partial charge is 0.371 e. The first kappa shape index (κ1) is 16.4. The average molecular weight is 281 g/mol. The first-order valence-electron chi connectivity index (χ1n) is 7.23. The van der Waals surface area contributed by atoms with Gasteiger partial charge >= 0.3 is 0 Å². The van der Waals surface area contributed by atoms with E-state index in [0.717, 1.165) is 12.8 Å². The maximum atomic E-state index is 13.9. The zero-order chi connectivity index (χ0) is 15.0. The Bertz CT molecular complexity index is 437. The fourth-order valence-electron chi connectivity index (χ4n) is 2.04. The molecule has 2 N–H and O–H groups in total. The van der Waals surface area contributed by atoms with Gasteiger partial charge < -0.3 is 10.6 Å². The maximum Gasteiger partial charge on any atom is 0.254 e. The molecule has 1 atom stereocenters. The summed E-state index contributed by atoms with van der Waals surface area (Å²) in [5, 5.41) is 5.46. The number of anilines is 1. The van der Waals surface area contributed by atoms with Gasteiger partial charge in [0, 0.05) is 19.3 Å². The summed E-state index contributed by atoms with van der Waals surface area (Å²) in [6.07, 6.45) is 6.99. The molecule has 5 heteroatoms. The molecule has 1 unspecified atom stereocenters. The zero-order valence-electron chi connectivity index (χ0n) is 12.5. The molecule has 1 aromatic heterocycles. The molecule has 0 saturated heterocycles. The van der Waals surface area contributed by atoms with Gasteiger partial charge in [0.25, 0.3) is 5.91 Å². The molecule has 4 nitrogen and oxygen atoms in total. The van der Waals surface area contributed by atoms with E-state index >= 15 is 0 Å². The highest BCUT2D eigenvalue weighted by molar-refractivity contribution is 5.95. The predicted molar refractivity (Wildman–Crippen MR) is 79.4 cm³/mol. The van der Waals surface area contributed by atoms with E-state index in [4.69, 9.17) is 0 Å². The molecule has 0 aliphatic heterocycles. The zero-order valence-corrected chi connectivity index (χ0v) is 12.5. The Labute approximate surface area is 120 Å². The molecule has 0 spiro atoms. The normalized spacial score (nSPS) is 12.0. The van der Waals surface area contributed by atoms with Gasteiger partial charge in [-0.25, -0.2) is 9.37 Å². The Kier molecular flexibility index (Phi) is 6.98. The third kappa shape index (κ3) is 4.79. The van der Waals surface area contributed by atoms with Crippen LogP contribution in [-0.2, 0) is 0 Å². The summed E-state index contributed by atoms with van der Waals surface area (Å²) in [6.45, 7) is 4.11. The highest BCUT2D eigenvalue weighted by Crippen LogP contribution is 2.15. The number of unbranched alkanes of at least 4 members (excludes halogenated alkanes) is 3. The van der Waals surface area contributed by atoms with Gasteiger partial charge in [-0.3, -0.25) is 4.79 Å². The Balaban J connectivity index is 2.54. The van der Waals surface area contributed by atoms with E-state index in [2.05, 4.69) is 22.5 Å². The van der Waals surface area contributed by atoms with Crippen molar-refractivity contribution in [2.75, 3.05) is 12.4 Å². The van der Waals surface area contributed by atoms with Crippen molar-refractivity contribution in [3.8, 4) is 0 Å². The molecule has 1 heterocycles. The van der Waals surface area contributed by atoms with Crippen LogP contribution >= 0.6 is 0 Å². The first-order valence-corrected chi connectivity index (χ1v) is 7.23. The summed E-state index contributed by atoms with van der Waals surface area (Å²) in [7, 11) is 1.57. The van der Waals surface area contributed by atoms with Crippen LogP contribution in [0.1, 0.15) is 56.3 Å². The van der Waals surface area contributed by atoms with E-state index in [9.17, 15) is 9.18 Å². The van der Waals surface area contributed by atoms with Crippen LogP contribution in [0.25, 0.3) is 0 Å². The van der Waals surface area contributed by atoms with Crippen LogP contribution in [-0.4, -0.2) is 24.0 Å². The lowest BCUT2D eigenvalue weighted by Gasteiger charge is -2.14. The molecule has 0 aliphatic rings. The molecule has 1 rings (SSSR count). The summed E-state index contributed by atoms with van der Waals surface area (Å²) >= 11 is 0. The summed E-state index contributed by atoms with van der Waals surface area (Å²) in [5.74, 6) is -0.900. The van der Waals surface area contributed by atoms with Crippen LogP contribution in [0, 0.1) is 5.82 Å². The molecule has 0 radical (unpaired) electrons. The third-order valence-electron chi connectivity index (χ3n) is 3.24. The van der Waals surface area contributed by atoms with Crippen LogP contribution in [0.2, 0.25) is 0 Å². The standard InChI is InChI=1S/C15H24FN3O/c1-4-5-6-7-8-11(2)19-15(20)12-9-10-18-14(17-3)13(12)16/h9-11H,4-8H2,1-3H3,(H,17,18)(H,19,20). The SMILES string of the molecule is CCCCCCC(C)NC(=O)c1ccnc(NC)c1F. The van der Waals surface area contributed by atoms with E-state index in [0.29, 0.717) is 0 Å². The van der Waals surface area contributed by atoms with E-state index < -0.39 is 5.82 Å². The summed E-state index contributed by atoms with van der Waals surface area (Å²) in [4.78, 5) is 15.8. The molecule has 1 aromatic rings. The van der Waals surface area contributed by atoms with E-state index in [1.54, 1.807) is 7.05 Å². The Morgan fingerprint density at radius 2 is 2.15 bits per heavy atom. The summed E-state index contributed by atoms with van der Waals surface area (Å²) in [5.41, 5.74) is 0.0322. The lowest BCUT2D eigenvalue weighted by Crippen LogP contribution is -2.33. The Hall–Kier alpha value is -1.65. The second-order valence-electron chi connectivity index (χ2n) is 4.99. The first-order chi connectivity index (χ1) is 9.60. The fourth-order valence-corrected chi connectivity index (χ4v) is 2.04. The maximum absolute atomic E-state index is 13.9. The van der Waals surface area contributed by atoms with Crippen molar-refractivity contribution >= 4 is 11.7 Å². The minimum atomic E-state index is -0.606. The molecule has 0 fully saturated rings. The van der Waals surface area contributed by atoms with Gasteiger partial charge in [0.2, 0.25) is 0 Å². The number of hydrogen-bond donors (Lipinski definition) is 2. The van der Waals surface area contributed by atoms with E-state index in [1.807, 2.05) is 6.92 Å². The lowest BCUT2D eigenvalue weighted by molar-refractivity contribution is 0.0933. The number of aromatic nitrogens is 1. The smallest absolute Gasteiger partial charge is 0.254 e. The lowest BCUT2D eigenvalue weighted by atomic mass is 10.1. The highest BCUT2D eigenvalue weighted by atomic mass is 19.1. The van der Waals surface area contributed by atoms with Gasteiger partial charge in [0.15, 0.2) is 11.6 Å². The second-order valence-corrected chi connectivity index (χ2v) is 4.99. The number of halogens is 1. The molecular formula is C15H24FN3O. The van der Waals surface area contributed by atoms with Gasteiger partial charge in [-0.15, -0.1) is 0 Å². The van der Waals surface area contributed by atoms with Crippen LogP contribution in [0.15, 0.2) is 12.3 Å². The van der Waals surface area contributed by atoms with Crippen LogP contribution in [0.4, 0.5) is 10.2 Å². The Morgan fingerprint density at radius 3 is 2.80 bits per heavy atom. The van der Waals surface area contributed by atoms with E-state index in [1.165, 1.54) is 31.5 Å². The number of pyridine rings is 1. The van der Waals surface area contributed by atoms with Crippen molar-refractivity contribution in [3.05, 3.63) is 23.6 Å². The number of nitrogens with zero attached hydrogens (tertiary/aromatic N) is 1. The van der Waals surface area contributed by atoms with Gasteiger partial charge in [-0.2, -0.15) is 0 Å². The minimum absolute atomic E-state index is 0.0322. The molecule has 0 bridgehead atoms. The second kappa shape index (κ2) is 8.51. The molecule has 0 aliphatic carbocycles. The molecule has 20 heavy (non-hydrogen) atoms. The monoisotopic (exact) mass is 281 g/mol. The summed E-state index contributed by atoms with van der Waals surface area (Å²) in [6, 6.07) is 1.44. The van der Waals surface area contributed by atoms with Crippen molar-refractivity contribution in [3.63, 3.8) is 0 Å². The quantitative estimate of drug-likeness (QED) is 0.718. The van der Waals surface area contributed by atoms with Crippen molar-refractivity contribution in [2.45, 2.75) is 52.0 Å². The Morgan fingerprint density at radius 1 is 1.40 bits per heavy atom. The van der Waals surface area contributed by atoms with Crippen LogP contribution in [0.3, 0.4) is 0 Å². The third-order valence-corrected chi connectivity index (χ3v) is 3.24. The number of carbonyl (C=O) groups excluding carboxylic acids is 1. The number of nitrogens with one attached hydrogen (secondary N) is 2. The van der Waals surface area contributed by atoms with Gasteiger partial charge in [-0.1, -0.05) is 32.6 Å². The van der Waals surface area contributed by atoms with Gasteiger partial charge in [0.05, 0.1) is 5.56 Å². The number of rotatable bonds is 8. The molecular weight excluding hydrogens is 257 g/mol. The molecule has 0 aromatic carbocycles. The van der Waals surface area contributed by atoms with Gasteiger partial charge in [0.1, 0.15) is 0 Å². The van der Waals surface area contributed by atoms with Crippen molar-refractivity contribution in [1.82, 2.24) is 10.3 Å².